The van der Waals surface area contributed by atoms with Crippen LogP contribution in [0, 0.1) is 17.8 Å². The molecule has 0 radical (unpaired) electrons. The Bertz CT molecular complexity index is 411. The molecule has 2 fully saturated rings. The average molecular weight is 277 g/mol. The first-order valence-corrected chi connectivity index (χ1v) is 8.85. The summed E-state index contributed by atoms with van der Waals surface area (Å²) < 4.78 is 0. The normalized spacial score (nSPS) is 30.9. The molecule has 0 aromatic carbocycles. The van der Waals surface area contributed by atoms with E-state index in [0.717, 1.165) is 17.8 Å². The number of aryl methyl sites for hydroxylation is 1. The fourth-order valence-corrected chi connectivity index (χ4v) is 5.34. The van der Waals surface area contributed by atoms with E-state index >= 15 is 0 Å². The zero-order valence-corrected chi connectivity index (χ0v) is 13.1. The first-order valence-electron chi connectivity index (χ1n) is 8.03. The van der Waals surface area contributed by atoms with Crippen LogP contribution in [0.2, 0.25) is 0 Å². The molecular weight excluding hydrogens is 250 g/mol. The molecule has 2 saturated carbocycles. The summed E-state index contributed by atoms with van der Waals surface area (Å²) in [5, 5.41) is 3.57. The van der Waals surface area contributed by atoms with Gasteiger partial charge in [0, 0.05) is 15.8 Å². The van der Waals surface area contributed by atoms with E-state index in [4.69, 9.17) is 0 Å². The lowest BCUT2D eigenvalue weighted by molar-refractivity contribution is 0.282. The van der Waals surface area contributed by atoms with E-state index in [2.05, 4.69) is 31.4 Å². The Morgan fingerprint density at radius 2 is 2.11 bits per heavy atom. The second kappa shape index (κ2) is 5.97. The average Bonchev–Trinajstić information content (AvgIpc) is 3.13. The van der Waals surface area contributed by atoms with Crippen LogP contribution in [-0.2, 0) is 12.8 Å². The van der Waals surface area contributed by atoms with E-state index in [1.165, 1.54) is 43.4 Å². The van der Waals surface area contributed by atoms with Crippen LogP contribution in [0.15, 0.2) is 12.1 Å². The van der Waals surface area contributed by atoms with Crippen LogP contribution < -0.4 is 5.32 Å². The molecule has 0 saturated heterocycles. The third kappa shape index (κ3) is 3.05. The van der Waals surface area contributed by atoms with Crippen molar-refractivity contribution in [1.82, 2.24) is 5.32 Å². The summed E-state index contributed by atoms with van der Waals surface area (Å²) >= 11 is 2.01. The standard InChI is InChI=1S/C17H27NS/c1-3-16-6-7-17(19-16)11-15(18-2)10-14-9-12-4-5-13(14)8-12/h6-7,12-15,18H,3-5,8-11H2,1-2H3. The van der Waals surface area contributed by atoms with Gasteiger partial charge in [-0.3, -0.25) is 0 Å². The number of hydrogen-bond acceptors (Lipinski definition) is 2. The maximum atomic E-state index is 3.57. The zero-order valence-electron chi connectivity index (χ0n) is 12.3. The highest BCUT2D eigenvalue weighted by atomic mass is 32.1. The molecule has 1 N–H and O–H groups in total. The second-order valence-electron chi connectivity index (χ2n) is 6.58. The molecule has 4 atom stereocenters. The number of rotatable bonds is 6. The number of fused-ring (bicyclic) bond motifs is 2. The zero-order chi connectivity index (χ0) is 13.2. The van der Waals surface area contributed by atoms with Gasteiger partial charge in [-0.25, -0.2) is 0 Å². The smallest absolute Gasteiger partial charge is 0.0115 e. The predicted octanol–water partition coefficient (Wildman–Crippen LogP) is 4.27. The van der Waals surface area contributed by atoms with Gasteiger partial charge in [-0.2, -0.15) is 0 Å². The molecule has 2 aliphatic rings. The SMILES string of the molecule is CCc1ccc(CC(CC2CC3CCC2C3)NC)s1. The number of hydrogen-bond donors (Lipinski definition) is 1. The van der Waals surface area contributed by atoms with Crippen LogP contribution in [-0.4, -0.2) is 13.1 Å². The molecule has 2 bridgehead atoms. The molecule has 0 spiro atoms. The van der Waals surface area contributed by atoms with Crippen LogP contribution in [0.25, 0.3) is 0 Å². The molecule has 3 rings (SSSR count). The quantitative estimate of drug-likeness (QED) is 0.819. The predicted molar refractivity (Wildman–Crippen MR) is 83.8 cm³/mol. The third-order valence-electron chi connectivity index (χ3n) is 5.39. The Morgan fingerprint density at radius 3 is 2.68 bits per heavy atom. The summed E-state index contributed by atoms with van der Waals surface area (Å²) in [6, 6.07) is 5.34. The Kier molecular flexibility index (Phi) is 4.28. The third-order valence-corrected chi connectivity index (χ3v) is 6.65. The fraction of sp³-hybridized carbons (Fsp3) is 0.765. The van der Waals surface area contributed by atoms with Crippen molar-refractivity contribution >= 4 is 11.3 Å². The summed E-state index contributed by atoms with van der Waals surface area (Å²) in [4.78, 5) is 3.10. The maximum absolute atomic E-state index is 3.57. The first kappa shape index (κ1) is 13.6. The van der Waals surface area contributed by atoms with E-state index in [1.54, 1.807) is 11.3 Å². The maximum Gasteiger partial charge on any atom is 0.0115 e. The molecule has 0 aliphatic heterocycles. The molecular formula is C17H27NS. The van der Waals surface area contributed by atoms with Gasteiger partial charge in [0.2, 0.25) is 0 Å². The van der Waals surface area contributed by atoms with Crippen molar-refractivity contribution in [3.8, 4) is 0 Å². The van der Waals surface area contributed by atoms with E-state index in [0.29, 0.717) is 6.04 Å². The first-order chi connectivity index (χ1) is 9.28. The molecule has 4 unspecified atom stereocenters. The van der Waals surface area contributed by atoms with Gasteiger partial charge >= 0.3 is 0 Å². The largest absolute Gasteiger partial charge is 0.317 e. The molecule has 2 aliphatic carbocycles. The lowest BCUT2D eigenvalue weighted by Gasteiger charge is -2.26. The molecule has 19 heavy (non-hydrogen) atoms. The van der Waals surface area contributed by atoms with Gasteiger partial charge in [0.1, 0.15) is 0 Å². The highest BCUT2D eigenvalue weighted by Gasteiger charge is 2.39. The molecule has 2 heteroatoms. The highest BCUT2D eigenvalue weighted by molar-refractivity contribution is 7.11. The Morgan fingerprint density at radius 1 is 1.26 bits per heavy atom. The van der Waals surface area contributed by atoms with Crippen LogP contribution in [0.5, 0.6) is 0 Å². The molecule has 106 valence electrons. The molecule has 1 aromatic rings. The summed E-state index contributed by atoms with van der Waals surface area (Å²) in [6.07, 6.45) is 9.92. The van der Waals surface area contributed by atoms with Crippen LogP contribution in [0.1, 0.15) is 48.8 Å². The van der Waals surface area contributed by atoms with Crippen molar-refractivity contribution in [2.24, 2.45) is 17.8 Å². The molecule has 0 amide bonds. The summed E-state index contributed by atoms with van der Waals surface area (Å²) in [5.41, 5.74) is 0. The molecule has 1 nitrogen and oxygen atoms in total. The van der Waals surface area contributed by atoms with Gasteiger partial charge in [0.15, 0.2) is 0 Å². The van der Waals surface area contributed by atoms with Crippen LogP contribution in [0.3, 0.4) is 0 Å². The second-order valence-corrected chi connectivity index (χ2v) is 7.83. The number of thiophene rings is 1. The van der Waals surface area contributed by atoms with Crippen molar-refractivity contribution < 1.29 is 0 Å². The molecule has 1 heterocycles. The topological polar surface area (TPSA) is 12.0 Å². The fourth-order valence-electron chi connectivity index (χ4n) is 4.30. The van der Waals surface area contributed by atoms with Crippen molar-refractivity contribution in [2.75, 3.05) is 7.05 Å². The van der Waals surface area contributed by atoms with Crippen molar-refractivity contribution in [3.63, 3.8) is 0 Å². The van der Waals surface area contributed by atoms with Crippen molar-refractivity contribution in [2.45, 2.75) is 57.9 Å². The summed E-state index contributed by atoms with van der Waals surface area (Å²) in [6.45, 7) is 2.25. The Balaban J connectivity index is 1.55. The van der Waals surface area contributed by atoms with E-state index in [-0.39, 0.29) is 0 Å². The Labute approximate surface area is 121 Å². The summed E-state index contributed by atoms with van der Waals surface area (Å²) in [7, 11) is 2.15. The van der Waals surface area contributed by atoms with Gasteiger partial charge in [-0.15, -0.1) is 11.3 Å². The van der Waals surface area contributed by atoms with Crippen molar-refractivity contribution in [1.29, 1.82) is 0 Å². The van der Waals surface area contributed by atoms with Crippen molar-refractivity contribution in [3.05, 3.63) is 21.9 Å². The lowest BCUT2D eigenvalue weighted by Crippen LogP contribution is -2.31. The Hall–Kier alpha value is -0.340. The van der Waals surface area contributed by atoms with E-state index in [9.17, 15) is 0 Å². The summed E-state index contributed by atoms with van der Waals surface area (Å²) in [5.74, 6) is 3.16. The minimum Gasteiger partial charge on any atom is -0.317 e. The minimum absolute atomic E-state index is 0.688. The molecule has 1 aromatic heterocycles. The van der Waals surface area contributed by atoms with Gasteiger partial charge in [-0.1, -0.05) is 13.3 Å². The van der Waals surface area contributed by atoms with Crippen LogP contribution in [0.4, 0.5) is 0 Å². The highest BCUT2D eigenvalue weighted by Crippen LogP contribution is 2.50. The van der Waals surface area contributed by atoms with Gasteiger partial charge in [0.25, 0.3) is 0 Å². The number of likely N-dealkylation sites (N-methyl/N-ethyl adjacent to an activating group) is 1. The van der Waals surface area contributed by atoms with Crippen LogP contribution >= 0.6 is 11.3 Å². The lowest BCUT2D eigenvalue weighted by atomic mass is 9.83. The van der Waals surface area contributed by atoms with E-state index < -0.39 is 0 Å². The van der Waals surface area contributed by atoms with Gasteiger partial charge in [-0.05, 0) is 75.5 Å². The van der Waals surface area contributed by atoms with Gasteiger partial charge in [0.05, 0.1) is 0 Å². The van der Waals surface area contributed by atoms with E-state index in [1.807, 2.05) is 11.3 Å². The minimum atomic E-state index is 0.688. The number of nitrogens with one attached hydrogen (secondary N) is 1. The van der Waals surface area contributed by atoms with Gasteiger partial charge < -0.3 is 5.32 Å². The monoisotopic (exact) mass is 277 g/mol.